The molecule has 2 N–H and O–H groups in total. The summed E-state index contributed by atoms with van der Waals surface area (Å²) in [6.07, 6.45) is 2.94. The lowest BCUT2D eigenvalue weighted by atomic mass is 9.92. The molecule has 1 unspecified atom stereocenters. The van der Waals surface area contributed by atoms with E-state index >= 15 is 0 Å². The van der Waals surface area contributed by atoms with Crippen molar-refractivity contribution in [3.05, 3.63) is 77.4 Å². The number of rotatable bonds is 6. The summed E-state index contributed by atoms with van der Waals surface area (Å²) in [4.78, 5) is 36.2. The Bertz CT molecular complexity index is 844. The SMILES string of the molecule is CNC(=O)c1ccc(C=CC(=O)NC(C)(C(=O)OC)c2ccccc2)cc1. The number of carbonyl (C=O) groups is 3. The molecule has 0 aliphatic carbocycles. The number of hydrogen-bond acceptors (Lipinski definition) is 4. The summed E-state index contributed by atoms with van der Waals surface area (Å²) in [5.41, 5.74) is 0.591. The van der Waals surface area contributed by atoms with Gasteiger partial charge in [0.05, 0.1) is 7.11 Å². The highest BCUT2D eigenvalue weighted by atomic mass is 16.5. The molecule has 2 amide bonds. The molecular formula is C21H22N2O4. The molecule has 0 fully saturated rings. The molecule has 2 aromatic rings. The van der Waals surface area contributed by atoms with Crippen molar-refractivity contribution in [2.45, 2.75) is 12.5 Å². The van der Waals surface area contributed by atoms with E-state index in [1.54, 1.807) is 68.6 Å². The summed E-state index contributed by atoms with van der Waals surface area (Å²) in [5, 5.41) is 5.25. The second-order valence-electron chi connectivity index (χ2n) is 6.01. The third kappa shape index (κ3) is 4.82. The summed E-state index contributed by atoms with van der Waals surface area (Å²) in [6, 6.07) is 15.7. The van der Waals surface area contributed by atoms with Crippen LogP contribution in [0.25, 0.3) is 6.08 Å². The van der Waals surface area contributed by atoms with Gasteiger partial charge in [-0.25, -0.2) is 4.79 Å². The Morgan fingerprint density at radius 2 is 1.63 bits per heavy atom. The largest absolute Gasteiger partial charge is 0.467 e. The van der Waals surface area contributed by atoms with Gasteiger partial charge in [0.25, 0.3) is 5.91 Å². The average molecular weight is 366 g/mol. The van der Waals surface area contributed by atoms with Gasteiger partial charge in [0.1, 0.15) is 0 Å². The molecule has 0 spiro atoms. The first kappa shape index (κ1) is 19.9. The summed E-state index contributed by atoms with van der Waals surface area (Å²) < 4.78 is 4.86. The van der Waals surface area contributed by atoms with Crippen LogP contribution in [-0.2, 0) is 19.9 Å². The second kappa shape index (κ2) is 8.80. The van der Waals surface area contributed by atoms with Gasteiger partial charge in [-0.1, -0.05) is 42.5 Å². The molecule has 0 saturated heterocycles. The van der Waals surface area contributed by atoms with Crippen LogP contribution >= 0.6 is 0 Å². The zero-order chi connectivity index (χ0) is 19.9. The first-order valence-corrected chi connectivity index (χ1v) is 8.37. The third-order valence-electron chi connectivity index (χ3n) is 4.15. The van der Waals surface area contributed by atoms with Crippen molar-refractivity contribution in [3.8, 4) is 0 Å². The molecule has 1 atom stereocenters. The van der Waals surface area contributed by atoms with Crippen LogP contribution in [0.15, 0.2) is 60.7 Å². The molecule has 6 heteroatoms. The van der Waals surface area contributed by atoms with Crippen LogP contribution in [0.3, 0.4) is 0 Å². The Hall–Kier alpha value is -3.41. The van der Waals surface area contributed by atoms with E-state index in [9.17, 15) is 14.4 Å². The van der Waals surface area contributed by atoms with Crippen LogP contribution < -0.4 is 10.6 Å². The number of methoxy groups -OCH3 is 1. The average Bonchev–Trinajstić information content (AvgIpc) is 2.71. The van der Waals surface area contributed by atoms with E-state index in [0.29, 0.717) is 11.1 Å². The van der Waals surface area contributed by atoms with Gasteiger partial charge >= 0.3 is 5.97 Å². The minimum absolute atomic E-state index is 0.181. The zero-order valence-electron chi connectivity index (χ0n) is 15.5. The molecule has 140 valence electrons. The van der Waals surface area contributed by atoms with Gasteiger partial charge < -0.3 is 15.4 Å². The molecule has 2 rings (SSSR count). The summed E-state index contributed by atoms with van der Waals surface area (Å²) in [5.74, 6) is -1.19. The van der Waals surface area contributed by atoms with E-state index in [1.807, 2.05) is 6.07 Å². The Morgan fingerprint density at radius 3 is 2.19 bits per heavy atom. The van der Waals surface area contributed by atoms with Crippen LogP contribution in [0.2, 0.25) is 0 Å². The molecule has 0 saturated carbocycles. The van der Waals surface area contributed by atoms with Crippen LogP contribution in [0, 0.1) is 0 Å². The molecule has 27 heavy (non-hydrogen) atoms. The van der Waals surface area contributed by atoms with E-state index in [2.05, 4.69) is 10.6 Å². The van der Waals surface area contributed by atoms with Crippen LogP contribution in [0.4, 0.5) is 0 Å². The number of esters is 1. The summed E-state index contributed by atoms with van der Waals surface area (Å²) in [7, 11) is 2.84. The monoisotopic (exact) mass is 366 g/mol. The number of nitrogens with one attached hydrogen (secondary N) is 2. The Morgan fingerprint density at radius 1 is 1.00 bits per heavy atom. The van der Waals surface area contributed by atoms with Gasteiger partial charge in [-0.3, -0.25) is 9.59 Å². The lowest BCUT2D eigenvalue weighted by molar-refractivity contribution is -0.150. The van der Waals surface area contributed by atoms with E-state index < -0.39 is 17.4 Å². The van der Waals surface area contributed by atoms with E-state index in [-0.39, 0.29) is 5.91 Å². The Kier molecular flexibility index (Phi) is 6.49. The van der Waals surface area contributed by atoms with Gasteiger partial charge in [0, 0.05) is 18.7 Å². The number of ether oxygens (including phenoxy) is 1. The molecular weight excluding hydrogens is 344 g/mol. The van der Waals surface area contributed by atoms with Crippen LogP contribution in [-0.4, -0.2) is 31.9 Å². The van der Waals surface area contributed by atoms with Crippen molar-refractivity contribution in [2.75, 3.05) is 14.2 Å². The van der Waals surface area contributed by atoms with Crippen molar-refractivity contribution in [3.63, 3.8) is 0 Å². The first-order valence-electron chi connectivity index (χ1n) is 8.37. The highest BCUT2D eigenvalue weighted by Gasteiger charge is 2.37. The highest BCUT2D eigenvalue weighted by Crippen LogP contribution is 2.22. The molecule has 0 bridgehead atoms. The van der Waals surface area contributed by atoms with Crippen molar-refractivity contribution in [1.29, 1.82) is 0 Å². The molecule has 0 aliphatic rings. The molecule has 0 radical (unpaired) electrons. The maximum absolute atomic E-state index is 12.4. The number of benzene rings is 2. The first-order chi connectivity index (χ1) is 12.9. The minimum atomic E-state index is -1.31. The second-order valence-corrected chi connectivity index (χ2v) is 6.01. The number of carbonyl (C=O) groups excluding carboxylic acids is 3. The van der Waals surface area contributed by atoms with Gasteiger partial charge in [-0.15, -0.1) is 0 Å². The quantitative estimate of drug-likeness (QED) is 0.607. The standard InChI is InChI=1S/C21H22N2O4/c1-21(20(26)27-3,17-7-5-4-6-8-17)23-18(24)14-11-15-9-12-16(13-10-15)19(25)22-2/h4-14H,1-3H3,(H,22,25)(H,23,24). The zero-order valence-corrected chi connectivity index (χ0v) is 15.5. The maximum atomic E-state index is 12.4. The fourth-order valence-corrected chi connectivity index (χ4v) is 2.57. The smallest absolute Gasteiger partial charge is 0.336 e. The molecule has 2 aromatic carbocycles. The number of amides is 2. The van der Waals surface area contributed by atoms with Gasteiger partial charge in [-0.2, -0.15) is 0 Å². The predicted octanol–water partition coefficient (Wildman–Crippen LogP) is 2.26. The van der Waals surface area contributed by atoms with E-state index in [0.717, 1.165) is 5.56 Å². The lowest BCUT2D eigenvalue weighted by Crippen LogP contribution is -2.49. The van der Waals surface area contributed by atoms with Gasteiger partial charge in [0.15, 0.2) is 5.54 Å². The third-order valence-corrected chi connectivity index (χ3v) is 4.15. The van der Waals surface area contributed by atoms with Crippen molar-refractivity contribution >= 4 is 23.9 Å². The number of hydrogen-bond donors (Lipinski definition) is 2. The molecule has 0 aliphatic heterocycles. The van der Waals surface area contributed by atoms with Gasteiger partial charge in [0.2, 0.25) is 5.91 Å². The van der Waals surface area contributed by atoms with Crippen LogP contribution in [0.5, 0.6) is 0 Å². The van der Waals surface area contributed by atoms with Crippen molar-refractivity contribution in [1.82, 2.24) is 10.6 Å². The Balaban J connectivity index is 2.15. The Labute approximate surface area is 158 Å². The fraction of sp³-hybridized carbons (Fsp3) is 0.190. The maximum Gasteiger partial charge on any atom is 0.336 e. The topological polar surface area (TPSA) is 84.5 Å². The summed E-state index contributed by atoms with van der Waals surface area (Å²) in [6.45, 7) is 1.60. The lowest BCUT2D eigenvalue weighted by Gasteiger charge is -2.27. The van der Waals surface area contributed by atoms with E-state index in [4.69, 9.17) is 4.74 Å². The highest BCUT2D eigenvalue weighted by molar-refractivity contribution is 5.97. The van der Waals surface area contributed by atoms with Crippen molar-refractivity contribution < 1.29 is 19.1 Å². The molecule has 0 aromatic heterocycles. The fourth-order valence-electron chi connectivity index (χ4n) is 2.57. The van der Waals surface area contributed by atoms with Gasteiger partial charge in [-0.05, 0) is 36.3 Å². The van der Waals surface area contributed by atoms with E-state index in [1.165, 1.54) is 13.2 Å². The molecule has 0 heterocycles. The molecule has 6 nitrogen and oxygen atoms in total. The van der Waals surface area contributed by atoms with Crippen molar-refractivity contribution in [2.24, 2.45) is 0 Å². The summed E-state index contributed by atoms with van der Waals surface area (Å²) >= 11 is 0. The normalized spacial score (nSPS) is 12.9. The predicted molar refractivity (Wildman–Crippen MR) is 103 cm³/mol. The minimum Gasteiger partial charge on any atom is -0.467 e. The van der Waals surface area contributed by atoms with Crippen LogP contribution in [0.1, 0.15) is 28.4 Å².